The Hall–Kier alpha value is -3.20. The van der Waals surface area contributed by atoms with E-state index in [9.17, 15) is 9.59 Å². The highest BCUT2D eigenvalue weighted by Gasteiger charge is 2.26. The van der Waals surface area contributed by atoms with E-state index in [-0.39, 0.29) is 22.9 Å². The monoisotopic (exact) mass is 467 g/mol. The lowest BCUT2D eigenvalue weighted by Crippen LogP contribution is -2.43. The van der Waals surface area contributed by atoms with E-state index in [1.807, 2.05) is 30.9 Å². The minimum absolute atomic E-state index is 0.0617. The maximum absolute atomic E-state index is 12.1. The molecule has 0 radical (unpaired) electrons. The van der Waals surface area contributed by atoms with E-state index in [0.29, 0.717) is 18.3 Å². The standard InChI is InChI=1S/C25H37N7O2/c1-15(33)31-25(5,6)17-10-16(24(2,3)4)11-19(12-17)29-22-20(21(27)34)13-28-23(30-22)32-9-7-8-18(26)14-32/h10-13,18H,7-9,14,26H2,1-6H3,(H2,27,34)(H,31,33)(H,28,29,30). The number of rotatable bonds is 6. The Kier molecular flexibility index (Phi) is 7.16. The molecule has 1 aliphatic rings. The zero-order chi connectivity index (χ0) is 25.3. The summed E-state index contributed by atoms with van der Waals surface area (Å²) < 4.78 is 0. The summed E-state index contributed by atoms with van der Waals surface area (Å²) in [5.41, 5.74) is 14.0. The number of primary amides is 1. The summed E-state index contributed by atoms with van der Waals surface area (Å²) in [6.07, 6.45) is 3.39. The molecule has 0 aliphatic carbocycles. The number of carbonyl (C=O) groups excluding carboxylic acids is 2. The molecule has 6 N–H and O–H groups in total. The van der Waals surface area contributed by atoms with Crippen molar-refractivity contribution in [3.63, 3.8) is 0 Å². The lowest BCUT2D eigenvalue weighted by molar-refractivity contribution is -0.120. The van der Waals surface area contributed by atoms with Crippen LogP contribution >= 0.6 is 0 Å². The van der Waals surface area contributed by atoms with Crippen molar-refractivity contribution in [1.29, 1.82) is 0 Å². The van der Waals surface area contributed by atoms with Gasteiger partial charge < -0.3 is 27.0 Å². The van der Waals surface area contributed by atoms with Crippen molar-refractivity contribution < 1.29 is 9.59 Å². The number of amides is 2. The van der Waals surface area contributed by atoms with Crippen LogP contribution in [-0.4, -0.2) is 40.9 Å². The van der Waals surface area contributed by atoms with Crippen LogP contribution < -0.4 is 27.0 Å². The number of benzene rings is 1. The van der Waals surface area contributed by atoms with Gasteiger partial charge in [-0.05, 0) is 55.4 Å². The van der Waals surface area contributed by atoms with Crippen molar-refractivity contribution in [1.82, 2.24) is 15.3 Å². The first-order valence-electron chi connectivity index (χ1n) is 11.7. The fourth-order valence-corrected chi connectivity index (χ4v) is 4.13. The SMILES string of the molecule is CC(=O)NC(C)(C)c1cc(Nc2nc(N3CCCC(N)C3)ncc2C(N)=O)cc(C(C)(C)C)c1. The molecule has 1 aliphatic heterocycles. The van der Waals surface area contributed by atoms with Crippen molar-refractivity contribution >= 4 is 29.3 Å². The number of aromatic nitrogens is 2. The van der Waals surface area contributed by atoms with Gasteiger partial charge >= 0.3 is 0 Å². The van der Waals surface area contributed by atoms with E-state index in [0.717, 1.165) is 36.2 Å². The fourth-order valence-electron chi connectivity index (χ4n) is 4.13. The number of nitrogens with two attached hydrogens (primary N) is 2. The number of hydrogen-bond acceptors (Lipinski definition) is 7. The summed E-state index contributed by atoms with van der Waals surface area (Å²) in [5.74, 6) is 0.117. The predicted octanol–water partition coefficient (Wildman–Crippen LogP) is 2.92. The second-order valence-corrected chi connectivity index (χ2v) is 10.6. The van der Waals surface area contributed by atoms with Crippen molar-refractivity contribution in [2.24, 2.45) is 11.5 Å². The Morgan fingerprint density at radius 2 is 1.79 bits per heavy atom. The van der Waals surface area contributed by atoms with E-state index >= 15 is 0 Å². The first kappa shape index (κ1) is 25.4. The first-order chi connectivity index (χ1) is 15.8. The molecule has 1 aromatic heterocycles. The molecule has 0 saturated carbocycles. The van der Waals surface area contributed by atoms with Gasteiger partial charge in [0.05, 0.1) is 5.54 Å². The van der Waals surface area contributed by atoms with Crippen LogP contribution in [0.4, 0.5) is 17.5 Å². The molecule has 184 valence electrons. The lowest BCUT2D eigenvalue weighted by atomic mass is 9.82. The van der Waals surface area contributed by atoms with Crippen LogP contribution in [0.3, 0.4) is 0 Å². The summed E-state index contributed by atoms with van der Waals surface area (Å²) in [6.45, 7) is 13.2. The Bertz CT molecular complexity index is 1080. The lowest BCUT2D eigenvalue weighted by Gasteiger charge is -2.31. The minimum atomic E-state index is -0.616. The third-order valence-electron chi connectivity index (χ3n) is 6.05. The molecule has 1 fully saturated rings. The Labute approximate surface area is 201 Å². The molecule has 2 aromatic rings. The second kappa shape index (κ2) is 9.58. The van der Waals surface area contributed by atoms with Crippen LogP contribution in [0, 0.1) is 0 Å². The molecule has 9 nitrogen and oxygen atoms in total. The van der Waals surface area contributed by atoms with Gasteiger partial charge in [-0.15, -0.1) is 0 Å². The summed E-state index contributed by atoms with van der Waals surface area (Å²) in [6, 6.07) is 6.13. The average molecular weight is 468 g/mol. The summed E-state index contributed by atoms with van der Waals surface area (Å²) in [7, 11) is 0. The molecule has 34 heavy (non-hydrogen) atoms. The largest absolute Gasteiger partial charge is 0.365 e. The van der Waals surface area contributed by atoms with Gasteiger partial charge in [-0.25, -0.2) is 4.98 Å². The van der Waals surface area contributed by atoms with Crippen LogP contribution in [0.2, 0.25) is 0 Å². The summed E-state index contributed by atoms with van der Waals surface area (Å²) in [5, 5.41) is 6.31. The van der Waals surface area contributed by atoms with Crippen molar-refractivity contribution in [3.05, 3.63) is 41.1 Å². The third-order valence-corrected chi connectivity index (χ3v) is 6.05. The maximum atomic E-state index is 12.1. The van der Waals surface area contributed by atoms with Crippen molar-refractivity contribution in [2.75, 3.05) is 23.3 Å². The molecule has 0 bridgehead atoms. The molecule has 3 rings (SSSR count). The third kappa shape index (κ3) is 6.02. The van der Waals surface area contributed by atoms with Crippen LogP contribution in [0.1, 0.15) is 75.9 Å². The molecule has 2 heterocycles. The summed E-state index contributed by atoms with van der Waals surface area (Å²) >= 11 is 0. The van der Waals surface area contributed by atoms with E-state index in [2.05, 4.69) is 47.4 Å². The van der Waals surface area contributed by atoms with Gasteiger partial charge in [-0.3, -0.25) is 9.59 Å². The van der Waals surface area contributed by atoms with Gasteiger partial charge in [0, 0.05) is 37.9 Å². The molecule has 9 heteroatoms. The highest BCUT2D eigenvalue weighted by atomic mass is 16.1. The van der Waals surface area contributed by atoms with Crippen LogP contribution in [0.5, 0.6) is 0 Å². The van der Waals surface area contributed by atoms with E-state index in [1.54, 1.807) is 0 Å². The molecule has 1 saturated heterocycles. The molecule has 1 aromatic carbocycles. The molecule has 0 spiro atoms. The molecule has 1 unspecified atom stereocenters. The molecular formula is C25H37N7O2. The maximum Gasteiger partial charge on any atom is 0.254 e. The number of nitrogens with one attached hydrogen (secondary N) is 2. The number of anilines is 3. The van der Waals surface area contributed by atoms with E-state index in [1.165, 1.54) is 13.1 Å². The Morgan fingerprint density at radius 3 is 2.38 bits per heavy atom. The van der Waals surface area contributed by atoms with Crippen LogP contribution in [0.25, 0.3) is 0 Å². The highest BCUT2D eigenvalue weighted by molar-refractivity contribution is 5.98. The first-order valence-corrected chi connectivity index (χ1v) is 11.7. The van der Waals surface area contributed by atoms with Gasteiger partial charge in [0.2, 0.25) is 11.9 Å². The van der Waals surface area contributed by atoms with E-state index < -0.39 is 11.4 Å². The predicted molar refractivity (Wildman–Crippen MR) is 135 cm³/mol. The van der Waals surface area contributed by atoms with Gasteiger partial charge in [0.25, 0.3) is 5.91 Å². The van der Waals surface area contributed by atoms with Gasteiger partial charge in [-0.1, -0.05) is 26.8 Å². The normalized spacial score (nSPS) is 16.8. The van der Waals surface area contributed by atoms with Crippen molar-refractivity contribution in [3.8, 4) is 0 Å². The van der Waals surface area contributed by atoms with Gasteiger partial charge in [0.1, 0.15) is 11.4 Å². The highest BCUT2D eigenvalue weighted by Crippen LogP contribution is 2.33. The smallest absolute Gasteiger partial charge is 0.254 e. The minimum Gasteiger partial charge on any atom is -0.365 e. The molecular weight excluding hydrogens is 430 g/mol. The number of piperidine rings is 1. The van der Waals surface area contributed by atoms with Gasteiger partial charge in [0.15, 0.2) is 0 Å². The van der Waals surface area contributed by atoms with Crippen molar-refractivity contribution in [2.45, 2.75) is 71.4 Å². The zero-order valence-corrected chi connectivity index (χ0v) is 21.0. The van der Waals surface area contributed by atoms with E-state index in [4.69, 9.17) is 11.5 Å². The van der Waals surface area contributed by atoms with Gasteiger partial charge in [-0.2, -0.15) is 4.98 Å². The number of hydrogen-bond donors (Lipinski definition) is 4. The Morgan fingerprint density at radius 1 is 1.12 bits per heavy atom. The number of carbonyl (C=O) groups is 2. The molecule has 1 atom stereocenters. The van der Waals surface area contributed by atoms with Crippen LogP contribution in [0.15, 0.2) is 24.4 Å². The Balaban J connectivity index is 2.06. The fraction of sp³-hybridized carbons (Fsp3) is 0.520. The topological polar surface area (TPSA) is 139 Å². The quantitative estimate of drug-likeness (QED) is 0.512. The average Bonchev–Trinajstić information content (AvgIpc) is 2.72. The molecule has 2 amide bonds. The van der Waals surface area contributed by atoms with Crippen LogP contribution in [-0.2, 0) is 15.7 Å². The summed E-state index contributed by atoms with van der Waals surface area (Å²) in [4.78, 5) is 35.0. The zero-order valence-electron chi connectivity index (χ0n) is 21.0. The second-order valence-electron chi connectivity index (χ2n) is 10.6. The number of nitrogens with zero attached hydrogens (tertiary/aromatic N) is 3.